The highest BCUT2D eigenvalue weighted by Crippen LogP contribution is 2.33. The molecule has 0 bridgehead atoms. The Kier molecular flexibility index (Phi) is 6.99. The van der Waals surface area contributed by atoms with E-state index >= 15 is 0 Å². The number of amides is 1. The lowest BCUT2D eigenvalue weighted by Crippen LogP contribution is -2.29. The van der Waals surface area contributed by atoms with Crippen molar-refractivity contribution in [2.45, 2.75) is 33.1 Å². The normalized spacial score (nSPS) is 20.7. The fraction of sp³-hybridized carbons (Fsp3) is 0.562. The Labute approximate surface area is 132 Å². The summed E-state index contributed by atoms with van der Waals surface area (Å²) in [6, 6.07) is 5.84. The topological polar surface area (TPSA) is 64.3 Å². The monoisotopic (exact) mass is 312 g/mol. The zero-order valence-corrected chi connectivity index (χ0v) is 13.5. The number of hydrogen-bond donors (Lipinski definition) is 2. The van der Waals surface area contributed by atoms with Gasteiger partial charge in [0.1, 0.15) is 5.75 Å². The minimum absolute atomic E-state index is 0. The molecule has 0 spiro atoms. The van der Waals surface area contributed by atoms with Crippen molar-refractivity contribution in [3.05, 3.63) is 23.8 Å². The zero-order valence-electron chi connectivity index (χ0n) is 12.7. The number of carbonyl (C=O) groups excluding carboxylic acids is 1. The molecule has 1 aromatic rings. The van der Waals surface area contributed by atoms with Crippen LogP contribution in [0.1, 0.15) is 31.7 Å². The maximum atomic E-state index is 12.4. The van der Waals surface area contributed by atoms with Crippen molar-refractivity contribution in [1.29, 1.82) is 0 Å². The standard InChI is InChI=1S/C16H24N2O2.ClH/c1-3-20-15-9-11(2)7-8-14(15)18-16(19)13-6-4-5-12(13)10-17;/h7-9,12-13H,3-6,10,17H2,1-2H3,(H,18,19);1H/t12-,13-;/m1./s1. The average Bonchev–Trinajstić information content (AvgIpc) is 2.90. The molecule has 0 radical (unpaired) electrons. The van der Waals surface area contributed by atoms with Gasteiger partial charge in [-0.25, -0.2) is 0 Å². The molecule has 0 saturated heterocycles. The first kappa shape index (κ1) is 17.8. The van der Waals surface area contributed by atoms with Gasteiger partial charge in [-0.05, 0) is 56.8 Å². The van der Waals surface area contributed by atoms with Crippen LogP contribution in [0.15, 0.2) is 18.2 Å². The number of ether oxygens (including phenoxy) is 1. The van der Waals surface area contributed by atoms with Gasteiger partial charge in [-0.15, -0.1) is 12.4 Å². The third-order valence-corrected chi connectivity index (χ3v) is 3.99. The van der Waals surface area contributed by atoms with Gasteiger partial charge >= 0.3 is 0 Å². The average molecular weight is 313 g/mol. The van der Waals surface area contributed by atoms with Gasteiger partial charge in [-0.3, -0.25) is 4.79 Å². The van der Waals surface area contributed by atoms with Gasteiger partial charge in [0, 0.05) is 5.92 Å². The Hall–Kier alpha value is -1.26. The van der Waals surface area contributed by atoms with Crippen molar-refractivity contribution in [3.8, 4) is 5.75 Å². The van der Waals surface area contributed by atoms with Crippen LogP contribution >= 0.6 is 12.4 Å². The summed E-state index contributed by atoms with van der Waals surface area (Å²) in [6.45, 7) is 5.12. The summed E-state index contributed by atoms with van der Waals surface area (Å²) in [5.41, 5.74) is 7.62. The fourth-order valence-electron chi connectivity index (χ4n) is 2.90. The Bertz CT molecular complexity index is 479. The van der Waals surface area contributed by atoms with Gasteiger partial charge in [-0.2, -0.15) is 0 Å². The second-order valence-corrected chi connectivity index (χ2v) is 5.46. The molecule has 3 N–H and O–H groups in total. The Morgan fingerprint density at radius 2 is 2.19 bits per heavy atom. The lowest BCUT2D eigenvalue weighted by molar-refractivity contribution is -0.120. The van der Waals surface area contributed by atoms with Crippen LogP contribution in [0.3, 0.4) is 0 Å². The van der Waals surface area contributed by atoms with E-state index in [0.29, 0.717) is 19.1 Å². The first-order valence-electron chi connectivity index (χ1n) is 7.40. The van der Waals surface area contributed by atoms with Crippen LogP contribution in [0.2, 0.25) is 0 Å². The van der Waals surface area contributed by atoms with E-state index in [-0.39, 0.29) is 24.2 Å². The summed E-state index contributed by atoms with van der Waals surface area (Å²) in [5.74, 6) is 1.16. The molecule has 0 aromatic heterocycles. The van der Waals surface area contributed by atoms with E-state index < -0.39 is 0 Å². The van der Waals surface area contributed by atoms with Crippen molar-refractivity contribution in [2.75, 3.05) is 18.5 Å². The SMILES string of the molecule is CCOc1cc(C)ccc1NC(=O)[C@@H]1CCC[C@@H]1CN.Cl. The summed E-state index contributed by atoms with van der Waals surface area (Å²) >= 11 is 0. The molecular formula is C16H25ClN2O2. The van der Waals surface area contributed by atoms with Gasteiger partial charge < -0.3 is 15.8 Å². The highest BCUT2D eigenvalue weighted by molar-refractivity contribution is 5.94. The molecule has 21 heavy (non-hydrogen) atoms. The van der Waals surface area contributed by atoms with Crippen molar-refractivity contribution < 1.29 is 9.53 Å². The van der Waals surface area contributed by atoms with Crippen LogP contribution in [-0.2, 0) is 4.79 Å². The lowest BCUT2D eigenvalue weighted by Gasteiger charge is -2.19. The van der Waals surface area contributed by atoms with Gasteiger partial charge in [0.05, 0.1) is 12.3 Å². The van der Waals surface area contributed by atoms with Crippen molar-refractivity contribution >= 4 is 24.0 Å². The number of aryl methyl sites for hydroxylation is 1. The van der Waals surface area contributed by atoms with Gasteiger partial charge in [0.15, 0.2) is 0 Å². The van der Waals surface area contributed by atoms with Crippen LogP contribution < -0.4 is 15.8 Å². The van der Waals surface area contributed by atoms with Crippen molar-refractivity contribution in [1.82, 2.24) is 0 Å². The second kappa shape index (κ2) is 8.25. The van der Waals surface area contributed by atoms with E-state index in [4.69, 9.17) is 10.5 Å². The molecule has 2 atom stereocenters. The molecule has 5 heteroatoms. The molecule has 1 amide bonds. The molecule has 0 aliphatic heterocycles. The summed E-state index contributed by atoms with van der Waals surface area (Å²) in [7, 11) is 0. The number of nitrogens with one attached hydrogen (secondary N) is 1. The number of benzene rings is 1. The van der Waals surface area contributed by atoms with Gasteiger partial charge in [0.25, 0.3) is 0 Å². The molecule has 1 fully saturated rings. The molecule has 1 aromatic carbocycles. The molecule has 4 nitrogen and oxygen atoms in total. The number of halogens is 1. The number of rotatable bonds is 5. The Balaban J connectivity index is 0.00000220. The van der Waals surface area contributed by atoms with E-state index in [2.05, 4.69) is 5.32 Å². The molecule has 1 aliphatic rings. The molecule has 0 unspecified atom stereocenters. The maximum absolute atomic E-state index is 12.4. The number of nitrogens with two attached hydrogens (primary N) is 1. The van der Waals surface area contributed by atoms with Crippen LogP contribution in [0.5, 0.6) is 5.75 Å². The highest BCUT2D eigenvalue weighted by Gasteiger charge is 2.32. The quantitative estimate of drug-likeness (QED) is 0.878. The van der Waals surface area contributed by atoms with Crippen LogP contribution in [-0.4, -0.2) is 19.1 Å². The van der Waals surface area contributed by atoms with Crippen LogP contribution in [0, 0.1) is 18.8 Å². The van der Waals surface area contributed by atoms with Crippen LogP contribution in [0.25, 0.3) is 0 Å². The summed E-state index contributed by atoms with van der Waals surface area (Å²) in [5, 5.41) is 3.01. The minimum atomic E-state index is 0. The number of anilines is 1. The molecule has 2 rings (SSSR count). The predicted molar refractivity (Wildman–Crippen MR) is 88.1 cm³/mol. The Morgan fingerprint density at radius 1 is 1.43 bits per heavy atom. The zero-order chi connectivity index (χ0) is 14.5. The third-order valence-electron chi connectivity index (χ3n) is 3.99. The van der Waals surface area contributed by atoms with E-state index in [9.17, 15) is 4.79 Å². The first-order chi connectivity index (χ1) is 9.65. The first-order valence-corrected chi connectivity index (χ1v) is 7.40. The van der Waals surface area contributed by atoms with E-state index in [1.54, 1.807) is 0 Å². The molecule has 118 valence electrons. The van der Waals surface area contributed by atoms with Gasteiger partial charge in [-0.1, -0.05) is 12.5 Å². The summed E-state index contributed by atoms with van der Waals surface area (Å²) < 4.78 is 5.60. The largest absolute Gasteiger partial charge is 0.492 e. The fourth-order valence-corrected chi connectivity index (χ4v) is 2.90. The maximum Gasteiger partial charge on any atom is 0.227 e. The number of hydrogen-bond acceptors (Lipinski definition) is 3. The Morgan fingerprint density at radius 3 is 2.86 bits per heavy atom. The summed E-state index contributed by atoms with van der Waals surface area (Å²) in [4.78, 5) is 12.4. The molecule has 0 heterocycles. The van der Waals surface area contributed by atoms with Crippen molar-refractivity contribution in [3.63, 3.8) is 0 Å². The van der Waals surface area contributed by atoms with E-state index in [0.717, 1.165) is 36.3 Å². The van der Waals surface area contributed by atoms with Crippen LogP contribution in [0.4, 0.5) is 5.69 Å². The van der Waals surface area contributed by atoms with Gasteiger partial charge in [0.2, 0.25) is 5.91 Å². The van der Waals surface area contributed by atoms with Crippen molar-refractivity contribution in [2.24, 2.45) is 17.6 Å². The molecule has 1 saturated carbocycles. The smallest absolute Gasteiger partial charge is 0.227 e. The predicted octanol–water partition coefficient (Wildman–Crippen LogP) is 3.13. The number of carbonyl (C=O) groups is 1. The highest BCUT2D eigenvalue weighted by atomic mass is 35.5. The third kappa shape index (κ3) is 4.35. The summed E-state index contributed by atoms with van der Waals surface area (Å²) in [6.07, 6.45) is 3.08. The second-order valence-electron chi connectivity index (χ2n) is 5.46. The van der Waals surface area contributed by atoms with E-state index in [1.165, 1.54) is 0 Å². The minimum Gasteiger partial charge on any atom is -0.492 e. The lowest BCUT2D eigenvalue weighted by atomic mass is 9.95. The van der Waals surface area contributed by atoms with E-state index in [1.807, 2.05) is 32.0 Å². The molecular weight excluding hydrogens is 288 g/mol. The molecule has 1 aliphatic carbocycles.